The number of carbonyl (C=O) groups is 1. The first-order chi connectivity index (χ1) is 11.5. The van der Waals surface area contributed by atoms with Gasteiger partial charge in [-0.2, -0.15) is 11.3 Å². The van der Waals surface area contributed by atoms with Gasteiger partial charge in [0.1, 0.15) is 11.5 Å². The van der Waals surface area contributed by atoms with Gasteiger partial charge in [-0.1, -0.05) is 23.7 Å². The Morgan fingerprint density at radius 2 is 1.88 bits per heavy atom. The molecule has 3 rings (SSSR count). The molecule has 3 nitrogen and oxygen atoms in total. The van der Waals surface area contributed by atoms with E-state index >= 15 is 0 Å². The Balaban J connectivity index is 1.95. The Labute approximate surface area is 157 Å². The van der Waals surface area contributed by atoms with Gasteiger partial charge in [0.05, 0.1) is 16.1 Å². The summed E-state index contributed by atoms with van der Waals surface area (Å²) in [5.41, 5.74) is 2.53. The first kappa shape index (κ1) is 17.3. The number of thiophene rings is 1. The minimum Gasteiger partial charge on any atom is -0.465 e. The molecule has 1 aromatic carbocycles. The van der Waals surface area contributed by atoms with Crippen molar-refractivity contribution in [3.05, 3.63) is 78.8 Å². The molecule has 0 saturated heterocycles. The largest absolute Gasteiger partial charge is 0.465 e. The zero-order valence-corrected chi connectivity index (χ0v) is 16.3. The van der Waals surface area contributed by atoms with E-state index in [1.165, 1.54) is 0 Å². The third-order valence-corrected chi connectivity index (χ3v) is 5.68. The third-order valence-electron chi connectivity index (χ3n) is 3.77. The first-order valence-electron chi connectivity index (χ1n) is 7.31. The number of hydrogen-bond donors (Lipinski definition) is 1. The summed E-state index contributed by atoms with van der Waals surface area (Å²) in [7, 11) is 0. The van der Waals surface area contributed by atoms with Gasteiger partial charge >= 0.3 is 0 Å². The van der Waals surface area contributed by atoms with Crippen LogP contribution >= 0.6 is 38.9 Å². The SMILES string of the molecule is Cc1oc(C)c(C(=O)NC(c2ccc(Cl)cc2)c2ccsc2)c1Br. The number of rotatable bonds is 4. The van der Waals surface area contributed by atoms with E-state index < -0.39 is 0 Å². The monoisotopic (exact) mass is 423 g/mol. The maximum absolute atomic E-state index is 12.8. The number of furan rings is 1. The Kier molecular flexibility index (Phi) is 5.13. The highest BCUT2D eigenvalue weighted by molar-refractivity contribution is 9.10. The van der Waals surface area contributed by atoms with Crippen LogP contribution in [0.5, 0.6) is 0 Å². The van der Waals surface area contributed by atoms with Crippen LogP contribution in [0, 0.1) is 13.8 Å². The van der Waals surface area contributed by atoms with Gasteiger partial charge in [-0.25, -0.2) is 0 Å². The fourth-order valence-electron chi connectivity index (χ4n) is 2.57. The highest BCUT2D eigenvalue weighted by Gasteiger charge is 2.24. The molecule has 1 atom stereocenters. The maximum Gasteiger partial charge on any atom is 0.256 e. The van der Waals surface area contributed by atoms with Crippen LogP contribution in [-0.2, 0) is 0 Å². The zero-order valence-electron chi connectivity index (χ0n) is 13.1. The molecule has 124 valence electrons. The number of hydrogen-bond acceptors (Lipinski definition) is 3. The second-order valence-corrected chi connectivity index (χ2v) is 7.43. The molecule has 0 aliphatic carbocycles. The number of halogens is 2. The average molecular weight is 425 g/mol. The van der Waals surface area contributed by atoms with E-state index in [0.29, 0.717) is 26.6 Å². The smallest absolute Gasteiger partial charge is 0.256 e. The fourth-order valence-corrected chi connectivity index (χ4v) is 3.92. The van der Waals surface area contributed by atoms with Crippen molar-refractivity contribution in [1.82, 2.24) is 5.32 Å². The molecule has 0 saturated carbocycles. The van der Waals surface area contributed by atoms with E-state index in [1.807, 2.05) is 48.0 Å². The average Bonchev–Trinajstić information content (AvgIpc) is 3.15. The van der Waals surface area contributed by atoms with Gasteiger partial charge in [0.15, 0.2) is 0 Å². The van der Waals surface area contributed by atoms with Crippen LogP contribution in [0.2, 0.25) is 5.02 Å². The minimum absolute atomic E-state index is 0.178. The van der Waals surface area contributed by atoms with Crippen molar-refractivity contribution in [2.75, 3.05) is 0 Å². The Bertz CT molecular complexity index is 856. The molecule has 1 N–H and O–H groups in total. The molecule has 0 aliphatic rings. The van der Waals surface area contributed by atoms with Gasteiger partial charge in [-0.3, -0.25) is 4.79 Å². The van der Waals surface area contributed by atoms with E-state index in [9.17, 15) is 4.79 Å². The lowest BCUT2D eigenvalue weighted by Gasteiger charge is -2.18. The summed E-state index contributed by atoms with van der Waals surface area (Å²) >= 11 is 11.0. The van der Waals surface area contributed by atoms with Crippen molar-refractivity contribution < 1.29 is 9.21 Å². The number of carbonyl (C=O) groups excluding carboxylic acids is 1. The normalized spacial score (nSPS) is 12.2. The summed E-state index contributed by atoms with van der Waals surface area (Å²) in [5, 5.41) is 7.79. The van der Waals surface area contributed by atoms with Gasteiger partial charge in [-0.05, 0) is 69.9 Å². The molecule has 0 spiro atoms. The number of benzene rings is 1. The number of aryl methyl sites for hydroxylation is 2. The van der Waals surface area contributed by atoms with Gasteiger partial charge in [0, 0.05) is 5.02 Å². The van der Waals surface area contributed by atoms with Crippen molar-refractivity contribution in [2.45, 2.75) is 19.9 Å². The molecule has 24 heavy (non-hydrogen) atoms. The summed E-state index contributed by atoms with van der Waals surface area (Å²) in [5.74, 6) is 1.11. The molecule has 2 aromatic heterocycles. The highest BCUT2D eigenvalue weighted by Crippen LogP contribution is 2.30. The van der Waals surface area contributed by atoms with Crippen molar-refractivity contribution >= 4 is 44.8 Å². The lowest BCUT2D eigenvalue weighted by molar-refractivity contribution is 0.0941. The Hall–Kier alpha value is -1.56. The van der Waals surface area contributed by atoms with Crippen molar-refractivity contribution in [3.63, 3.8) is 0 Å². The van der Waals surface area contributed by atoms with E-state index in [0.717, 1.165) is 11.1 Å². The van der Waals surface area contributed by atoms with Gasteiger partial charge in [0.2, 0.25) is 0 Å². The van der Waals surface area contributed by atoms with E-state index in [-0.39, 0.29) is 11.9 Å². The van der Waals surface area contributed by atoms with Crippen LogP contribution in [0.4, 0.5) is 0 Å². The minimum atomic E-state index is -0.248. The third kappa shape index (κ3) is 3.43. The summed E-state index contributed by atoms with van der Waals surface area (Å²) < 4.78 is 6.23. The second kappa shape index (κ2) is 7.13. The zero-order chi connectivity index (χ0) is 17.3. The van der Waals surface area contributed by atoms with Gasteiger partial charge in [0.25, 0.3) is 5.91 Å². The van der Waals surface area contributed by atoms with Gasteiger partial charge in [-0.15, -0.1) is 0 Å². The van der Waals surface area contributed by atoms with Crippen LogP contribution in [0.3, 0.4) is 0 Å². The quantitative estimate of drug-likeness (QED) is 0.567. The molecule has 6 heteroatoms. The highest BCUT2D eigenvalue weighted by atomic mass is 79.9. The molecule has 0 fully saturated rings. The summed E-state index contributed by atoms with van der Waals surface area (Å²) in [4.78, 5) is 12.8. The van der Waals surface area contributed by atoms with Crippen LogP contribution in [-0.4, -0.2) is 5.91 Å². The number of nitrogens with one attached hydrogen (secondary N) is 1. The van der Waals surface area contributed by atoms with Crippen LogP contribution in [0.25, 0.3) is 0 Å². The lowest BCUT2D eigenvalue weighted by Crippen LogP contribution is -2.29. The van der Waals surface area contributed by atoms with E-state index in [4.69, 9.17) is 16.0 Å². The second-order valence-electron chi connectivity index (χ2n) is 5.42. The lowest BCUT2D eigenvalue weighted by atomic mass is 10.0. The van der Waals surface area contributed by atoms with Crippen molar-refractivity contribution in [2.24, 2.45) is 0 Å². The van der Waals surface area contributed by atoms with Crippen LogP contribution in [0.1, 0.15) is 39.0 Å². The molecule has 1 amide bonds. The van der Waals surface area contributed by atoms with Crippen molar-refractivity contribution in [3.8, 4) is 0 Å². The van der Waals surface area contributed by atoms with Gasteiger partial charge < -0.3 is 9.73 Å². The molecule has 0 radical (unpaired) electrons. The molecule has 2 heterocycles. The Morgan fingerprint density at radius 1 is 1.17 bits per heavy atom. The summed E-state index contributed by atoms with van der Waals surface area (Å²) in [6.45, 7) is 3.61. The molecule has 3 aromatic rings. The van der Waals surface area contributed by atoms with E-state index in [2.05, 4.69) is 21.2 Å². The fraction of sp³-hybridized carbons (Fsp3) is 0.167. The molecular weight excluding hydrogens is 410 g/mol. The summed E-state index contributed by atoms with van der Waals surface area (Å²) in [6.07, 6.45) is 0. The maximum atomic E-state index is 12.8. The van der Waals surface area contributed by atoms with Crippen molar-refractivity contribution in [1.29, 1.82) is 0 Å². The summed E-state index contributed by atoms with van der Waals surface area (Å²) in [6, 6.07) is 9.26. The number of amides is 1. The topological polar surface area (TPSA) is 42.2 Å². The first-order valence-corrected chi connectivity index (χ1v) is 9.42. The molecular formula is C18H15BrClNO2S. The van der Waals surface area contributed by atoms with Crippen LogP contribution < -0.4 is 5.32 Å². The predicted octanol–water partition coefficient (Wildman–Crippen LogP) is 5.89. The van der Waals surface area contributed by atoms with Crippen LogP contribution in [0.15, 0.2) is 50.0 Å². The standard InChI is InChI=1S/C18H15BrClNO2S/c1-10-15(16(19)11(2)23-10)18(22)21-17(13-7-8-24-9-13)12-3-5-14(20)6-4-12/h3-9,17H,1-2H3,(H,21,22). The molecule has 0 aliphatic heterocycles. The predicted molar refractivity (Wildman–Crippen MR) is 101 cm³/mol. The van der Waals surface area contributed by atoms with E-state index in [1.54, 1.807) is 18.3 Å². The molecule has 1 unspecified atom stereocenters. The Morgan fingerprint density at radius 3 is 2.42 bits per heavy atom. The molecule has 0 bridgehead atoms.